The maximum atomic E-state index is 10.7. The fourth-order valence-electron chi connectivity index (χ4n) is 3.90. The number of hydrogen-bond donors (Lipinski definition) is 1. The fraction of sp³-hybridized carbons (Fsp3) is 0.333. The minimum atomic E-state index is -1.11. The summed E-state index contributed by atoms with van der Waals surface area (Å²) in [5, 5.41) is 10.7. The van der Waals surface area contributed by atoms with Crippen molar-refractivity contribution in [1.29, 1.82) is 0 Å². The SMILES string of the molecule is C[C@@]1(OCc2ccccc2)[C@H](COCc2ccccc2)OC(O)[C@H]1OCc1ccccc1. The quantitative estimate of drug-likeness (QED) is 0.510. The van der Waals surface area contributed by atoms with Crippen molar-refractivity contribution in [2.45, 2.75) is 50.8 Å². The molecule has 1 aliphatic heterocycles. The Hall–Kier alpha value is -2.54. The van der Waals surface area contributed by atoms with Crippen molar-refractivity contribution in [2.24, 2.45) is 0 Å². The zero-order valence-corrected chi connectivity index (χ0v) is 18.3. The maximum absolute atomic E-state index is 10.7. The second-order valence-electron chi connectivity index (χ2n) is 8.19. The third-order valence-electron chi connectivity index (χ3n) is 5.81. The van der Waals surface area contributed by atoms with Crippen LogP contribution in [0.1, 0.15) is 23.6 Å². The number of hydrogen-bond acceptors (Lipinski definition) is 5. The predicted molar refractivity (Wildman–Crippen MR) is 122 cm³/mol. The number of aliphatic hydroxyl groups excluding tert-OH is 1. The summed E-state index contributed by atoms with van der Waals surface area (Å²) in [6.45, 7) is 3.41. The summed E-state index contributed by atoms with van der Waals surface area (Å²) in [6, 6.07) is 29.8. The van der Waals surface area contributed by atoms with E-state index in [-0.39, 0.29) is 6.61 Å². The molecule has 1 heterocycles. The van der Waals surface area contributed by atoms with Gasteiger partial charge in [0, 0.05) is 0 Å². The molecule has 0 aromatic heterocycles. The van der Waals surface area contributed by atoms with E-state index in [0.29, 0.717) is 19.8 Å². The highest BCUT2D eigenvalue weighted by molar-refractivity contribution is 5.16. The van der Waals surface area contributed by atoms with Crippen molar-refractivity contribution in [1.82, 2.24) is 0 Å². The van der Waals surface area contributed by atoms with E-state index in [2.05, 4.69) is 0 Å². The Balaban J connectivity index is 1.45. The van der Waals surface area contributed by atoms with E-state index in [1.165, 1.54) is 0 Å². The summed E-state index contributed by atoms with van der Waals surface area (Å²) < 4.78 is 24.3. The van der Waals surface area contributed by atoms with Gasteiger partial charge in [-0.2, -0.15) is 0 Å². The molecule has 1 aliphatic rings. The van der Waals surface area contributed by atoms with E-state index >= 15 is 0 Å². The molecule has 1 unspecified atom stereocenters. The number of benzene rings is 3. The van der Waals surface area contributed by atoms with E-state index in [9.17, 15) is 5.11 Å². The highest BCUT2D eigenvalue weighted by Crippen LogP contribution is 2.37. The van der Waals surface area contributed by atoms with Gasteiger partial charge in [-0.1, -0.05) is 91.0 Å². The first-order valence-electron chi connectivity index (χ1n) is 10.9. The van der Waals surface area contributed by atoms with Crippen molar-refractivity contribution >= 4 is 0 Å². The first-order valence-corrected chi connectivity index (χ1v) is 10.9. The van der Waals surface area contributed by atoms with Gasteiger partial charge in [0.15, 0.2) is 6.29 Å². The molecule has 0 saturated carbocycles. The summed E-state index contributed by atoms with van der Waals surface area (Å²) >= 11 is 0. The molecule has 168 valence electrons. The van der Waals surface area contributed by atoms with Crippen molar-refractivity contribution in [3.05, 3.63) is 108 Å². The number of rotatable bonds is 10. The van der Waals surface area contributed by atoms with Crippen LogP contribution < -0.4 is 0 Å². The largest absolute Gasteiger partial charge is 0.374 e. The molecule has 1 fully saturated rings. The third-order valence-corrected chi connectivity index (χ3v) is 5.81. The summed E-state index contributed by atoms with van der Waals surface area (Å²) in [6.07, 6.45) is -2.24. The van der Waals surface area contributed by atoms with Crippen LogP contribution in [-0.2, 0) is 38.8 Å². The molecule has 1 N–H and O–H groups in total. The van der Waals surface area contributed by atoms with Crippen LogP contribution in [0.25, 0.3) is 0 Å². The van der Waals surface area contributed by atoms with Gasteiger partial charge in [-0.05, 0) is 23.6 Å². The van der Waals surface area contributed by atoms with Crippen LogP contribution in [0.4, 0.5) is 0 Å². The van der Waals surface area contributed by atoms with Crippen LogP contribution in [0.5, 0.6) is 0 Å². The van der Waals surface area contributed by atoms with Crippen molar-refractivity contribution in [2.75, 3.05) is 6.61 Å². The van der Waals surface area contributed by atoms with Crippen molar-refractivity contribution in [3.8, 4) is 0 Å². The van der Waals surface area contributed by atoms with Crippen LogP contribution >= 0.6 is 0 Å². The van der Waals surface area contributed by atoms with Gasteiger partial charge in [-0.15, -0.1) is 0 Å². The highest BCUT2D eigenvalue weighted by atomic mass is 16.7. The molecule has 32 heavy (non-hydrogen) atoms. The van der Waals surface area contributed by atoms with E-state index in [4.69, 9.17) is 18.9 Å². The third kappa shape index (κ3) is 5.63. The van der Waals surface area contributed by atoms with Crippen molar-refractivity contribution in [3.63, 3.8) is 0 Å². The molecule has 1 saturated heterocycles. The van der Waals surface area contributed by atoms with Crippen molar-refractivity contribution < 1.29 is 24.1 Å². The molecular formula is C27H30O5. The topological polar surface area (TPSA) is 57.2 Å². The van der Waals surface area contributed by atoms with E-state index < -0.39 is 24.1 Å². The first kappa shape index (κ1) is 22.6. The standard InChI is InChI=1S/C27H30O5/c1-27(31-19-23-15-9-4-10-16-23)24(20-29-17-21-11-5-2-6-12-21)32-26(28)25(27)30-18-22-13-7-3-8-14-22/h2-16,24-26,28H,17-20H2,1H3/t24-,25+,26?,27+/m0/s1. The number of ether oxygens (including phenoxy) is 4. The Labute approximate surface area is 189 Å². The molecule has 0 radical (unpaired) electrons. The maximum Gasteiger partial charge on any atom is 0.184 e. The second kappa shape index (κ2) is 10.9. The van der Waals surface area contributed by atoms with Crippen LogP contribution in [0, 0.1) is 0 Å². The Kier molecular flexibility index (Phi) is 7.68. The minimum absolute atomic E-state index is 0.280. The fourth-order valence-corrected chi connectivity index (χ4v) is 3.90. The summed E-state index contributed by atoms with van der Waals surface area (Å²) in [5.41, 5.74) is 2.25. The predicted octanol–water partition coefficient (Wildman–Crippen LogP) is 4.48. The molecule has 3 aromatic carbocycles. The molecule has 0 amide bonds. The Morgan fingerprint density at radius 1 is 0.750 bits per heavy atom. The Morgan fingerprint density at radius 2 is 1.25 bits per heavy atom. The van der Waals surface area contributed by atoms with Gasteiger partial charge < -0.3 is 24.1 Å². The highest BCUT2D eigenvalue weighted by Gasteiger charge is 2.55. The van der Waals surface area contributed by atoms with Gasteiger partial charge in [0.05, 0.1) is 26.4 Å². The second-order valence-corrected chi connectivity index (χ2v) is 8.19. The van der Waals surface area contributed by atoms with Gasteiger partial charge in [-0.25, -0.2) is 0 Å². The van der Waals surface area contributed by atoms with Gasteiger partial charge >= 0.3 is 0 Å². The molecule has 5 heteroatoms. The monoisotopic (exact) mass is 434 g/mol. The van der Waals surface area contributed by atoms with Gasteiger partial charge in [0.1, 0.15) is 17.8 Å². The Bertz CT molecular complexity index is 934. The van der Waals surface area contributed by atoms with E-state index in [1.54, 1.807) is 0 Å². The molecule has 3 aromatic rings. The molecular weight excluding hydrogens is 404 g/mol. The summed E-state index contributed by atoms with van der Waals surface area (Å²) in [4.78, 5) is 0. The lowest BCUT2D eigenvalue weighted by Crippen LogP contribution is -2.50. The summed E-state index contributed by atoms with van der Waals surface area (Å²) in [5.74, 6) is 0. The Morgan fingerprint density at radius 3 is 1.81 bits per heavy atom. The van der Waals surface area contributed by atoms with Crippen LogP contribution in [0.15, 0.2) is 91.0 Å². The molecule has 0 bridgehead atoms. The van der Waals surface area contributed by atoms with Crippen LogP contribution in [-0.4, -0.2) is 35.8 Å². The normalized spacial score (nSPS) is 25.1. The number of aliphatic hydroxyl groups is 1. The van der Waals surface area contributed by atoms with E-state index in [0.717, 1.165) is 16.7 Å². The van der Waals surface area contributed by atoms with Gasteiger partial charge in [0.2, 0.25) is 0 Å². The minimum Gasteiger partial charge on any atom is -0.374 e. The molecule has 0 aliphatic carbocycles. The first-order chi connectivity index (χ1) is 15.6. The molecule has 0 spiro atoms. The van der Waals surface area contributed by atoms with Gasteiger partial charge in [-0.3, -0.25) is 0 Å². The molecule has 5 nitrogen and oxygen atoms in total. The summed E-state index contributed by atoms with van der Waals surface area (Å²) in [7, 11) is 0. The average Bonchev–Trinajstić information content (AvgIpc) is 3.07. The average molecular weight is 435 g/mol. The lowest BCUT2D eigenvalue weighted by atomic mass is 9.94. The van der Waals surface area contributed by atoms with E-state index in [1.807, 2.05) is 97.9 Å². The van der Waals surface area contributed by atoms with Crippen LogP contribution in [0.3, 0.4) is 0 Å². The zero-order valence-electron chi connectivity index (χ0n) is 18.3. The molecule has 4 atom stereocenters. The van der Waals surface area contributed by atoms with Gasteiger partial charge in [0.25, 0.3) is 0 Å². The smallest absolute Gasteiger partial charge is 0.184 e. The molecule has 4 rings (SSSR count). The lowest BCUT2D eigenvalue weighted by Gasteiger charge is -2.34. The van der Waals surface area contributed by atoms with Crippen LogP contribution in [0.2, 0.25) is 0 Å². The zero-order chi connectivity index (χ0) is 22.2. The lowest BCUT2D eigenvalue weighted by molar-refractivity contribution is -0.165.